The van der Waals surface area contributed by atoms with Gasteiger partial charge in [0.1, 0.15) is 5.82 Å². The summed E-state index contributed by atoms with van der Waals surface area (Å²) >= 11 is 0. The van der Waals surface area contributed by atoms with Crippen LogP contribution in [-0.2, 0) is 4.74 Å². The highest BCUT2D eigenvalue weighted by Crippen LogP contribution is 2.23. The largest absolute Gasteiger partial charge is 0.372 e. The minimum atomic E-state index is -0.182. The van der Waals surface area contributed by atoms with E-state index < -0.39 is 0 Å². The van der Waals surface area contributed by atoms with E-state index >= 15 is 0 Å². The van der Waals surface area contributed by atoms with E-state index in [9.17, 15) is 4.39 Å². The average Bonchev–Trinajstić information content (AvgIpc) is 3.09. The molecule has 2 nitrogen and oxygen atoms in total. The number of nitrogens with one attached hydrogen (secondary N) is 1. The molecule has 0 amide bonds. The molecule has 0 spiro atoms. The molecule has 1 N–H and O–H groups in total. The normalized spacial score (nSPS) is 17.4. The second-order valence-electron chi connectivity index (χ2n) is 4.15. The van der Waals surface area contributed by atoms with Gasteiger partial charge in [0, 0.05) is 24.8 Å². The van der Waals surface area contributed by atoms with Gasteiger partial charge < -0.3 is 10.1 Å². The Morgan fingerprint density at radius 1 is 1.44 bits per heavy atom. The minimum Gasteiger partial charge on any atom is -0.372 e. The molecule has 1 saturated carbocycles. The van der Waals surface area contributed by atoms with Gasteiger partial charge in [-0.15, -0.1) is 0 Å². The first-order valence-corrected chi connectivity index (χ1v) is 5.90. The molecule has 0 bridgehead atoms. The highest BCUT2D eigenvalue weighted by atomic mass is 19.1. The van der Waals surface area contributed by atoms with E-state index in [-0.39, 0.29) is 11.9 Å². The molecule has 1 unspecified atom stereocenters. The maximum Gasteiger partial charge on any atom is 0.129 e. The summed E-state index contributed by atoms with van der Waals surface area (Å²) < 4.78 is 19.2. The SMILES string of the molecule is CCOC(CNC1CC1)c1ccccc1F. The Bertz CT molecular complexity index is 338. The average molecular weight is 223 g/mol. The van der Waals surface area contributed by atoms with Crippen LogP contribution in [0, 0.1) is 5.82 Å². The predicted molar refractivity (Wildman–Crippen MR) is 61.8 cm³/mol. The van der Waals surface area contributed by atoms with Crippen molar-refractivity contribution in [2.24, 2.45) is 0 Å². The fourth-order valence-electron chi connectivity index (χ4n) is 1.76. The standard InChI is InChI=1S/C13H18FNO/c1-2-16-13(9-15-10-7-8-10)11-5-3-4-6-12(11)14/h3-6,10,13,15H,2,7-9H2,1H3. The predicted octanol–water partition coefficient (Wildman–Crippen LogP) is 2.66. The topological polar surface area (TPSA) is 21.3 Å². The smallest absolute Gasteiger partial charge is 0.129 e. The van der Waals surface area contributed by atoms with Gasteiger partial charge in [-0.3, -0.25) is 0 Å². The molecule has 1 aromatic rings. The molecule has 1 atom stereocenters. The Morgan fingerprint density at radius 3 is 2.81 bits per heavy atom. The number of halogens is 1. The zero-order valence-corrected chi connectivity index (χ0v) is 9.58. The van der Waals surface area contributed by atoms with E-state index in [1.54, 1.807) is 12.1 Å². The Morgan fingerprint density at radius 2 is 2.19 bits per heavy atom. The molecule has 0 aromatic heterocycles. The third-order valence-corrected chi connectivity index (χ3v) is 2.79. The third kappa shape index (κ3) is 3.03. The van der Waals surface area contributed by atoms with E-state index in [4.69, 9.17) is 4.74 Å². The number of rotatable bonds is 6. The number of hydrogen-bond donors (Lipinski definition) is 1. The van der Waals surface area contributed by atoms with Crippen molar-refractivity contribution in [3.63, 3.8) is 0 Å². The van der Waals surface area contributed by atoms with E-state index in [1.807, 2.05) is 13.0 Å². The van der Waals surface area contributed by atoms with Gasteiger partial charge in [0.25, 0.3) is 0 Å². The summed E-state index contributed by atoms with van der Waals surface area (Å²) in [6.45, 7) is 3.23. The fourth-order valence-corrected chi connectivity index (χ4v) is 1.76. The summed E-state index contributed by atoms with van der Waals surface area (Å²) in [6.07, 6.45) is 2.29. The van der Waals surface area contributed by atoms with Crippen molar-refractivity contribution in [3.05, 3.63) is 35.6 Å². The summed E-state index contributed by atoms with van der Waals surface area (Å²) in [7, 11) is 0. The van der Waals surface area contributed by atoms with Crippen LogP contribution in [0.4, 0.5) is 4.39 Å². The summed E-state index contributed by atoms with van der Waals surface area (Å²) in [6, 6.07) is 7.45. The maximum atomic E-state index is 13.6. The van der Waals surface area contributed by atoms with Crippen LogP contribution in [0.1, 0.15) is 31.4 Å². The van der Waals surface area contributed by atoms with E-state index in [2.05, 4.69) is 5.32 Å². The zero-order chi connectivity index (χ0) is 11.4. The Labute approximate surface area is 95.8 Å². The molecule has 0 saturated heterocycles. The Balaban J connectivity index is 2.01. The van der Waals surface area contributed by atoms with E-state index in [0.717, 1.165) is 0 Å². The van der Waals surface area contributed by atoms with Crippen LogP contribution in [0.5, 0.6) is 0 Å². The number of benzene rings is 1. The molecule has 88 valence electrons. The van der Waals surface area contributed by atoms with Gasteiger partial charge in [-0.2, -0.15) is 0 Å². The number of hydrogen-bond acceptors (Lipinski definition) is 2. The van der Waals surface area contributed by atoms with Crippen LogP contribution in [-0.4, -0.2) is 19.2 Å². The van der Waals surface area contributed by atoms with Crippen LogP contribution in [0.2, 0.25) is 0 Å². The lowest BCUT2D eigenvalue weighted by Crippen LogP contribution is -2.25. The maximum absolute atomic E-state index is 13.6. The van der Waals surface area contributed by atoms with Crippen LogP contribution in [0.3, 0.4) is 0 Å². The zero-order valence-electron chi connectivity index (χ0n) is 9.58. The van der Waals surface area contributed by atoms with Crippen molar-refractivity contribution in [2.75, 3.05) is 13.2 Å². The lowest BCUT2D eigenvalue weighted by atomic mass is 10.1. The molecular weight excluding hydrogens is 205 g/mol. The van der Waals surface area contributed by atoms with Crippen LogP contribution >= 0.6 is 0 Å². The van der Waals surface area contributed by atoms with Crippen molar-refractivity contribution < 1.29 is 9.13 Å². The molecule has 0 radical (unpaired) electrons. The van der Waals surface area contributed by atoms with Gasteiger partial charge in [-0.25, -0.2) is 4.39 Å². The first kappa shape index (κ1) is 11.6. The van der Waals surface area contributed by atoms with Crippen molar-refractivity contribution in [2.45, 2.75) is 31.9 Å². The van der Waals surface area contributed by atoms with Crippen molar-refractivity contribution in [1.29, 1.82) is 0 Å². The first-order chi connectivity index (χ1) is 7.81. The second-order valence-corrected chi connectivity index (χ2v) is 4.15. The highest BCUT2D eigenvalue weighted by Gasteiger charge is 2.23. The summed E-state index contributed by atoms with van der Waals surface area (Å²) in [5, 5.41) is 3.38. The molecular formula is C13H18FNO. The lowest BCUT2D eigenvalue weighted by Gasteiger charge is -2.18. The highest BCUT2D eigenvalue weighted by molar-refractivity contribution is 5.20. The molecule has 3 heteroatoms. The van der Waals surface area contributed by atoms with Gasteiger partial charge in [-0.1, -0.05) is 18.2 Å². The lowest BCUT2D eigenvalue weighted by molar-refractivity contribution is 0.0595. The monoisotopic (exact) mass is 223 g/mol. The van der Waals surface area contributed by atoms with Gasteiger partial charge in [0.2, 0.25) is 0 Å². The molecule has 1 aromatic carbocycles. The quantitative estimate of drug-likeness (QED) is 0.800. The minimum absolute atomic E-state index is 0.174. The number of ether oxygens (including phenoxy) is 1. The Hall–Kier alpha value is -0.930. The Kier molecular flexibility index (Phi) is 3.91. The van der Waals surface area contributed by atoms with E-state index in [1.165, 1.54) is 18.9 Å². The van der Waals surface area contributed by atoms with E-state index in [0.29, 0.717) is 24.8 Å². The summed E-state index contributed by atoms with van der Waals surface area (Å²) in [5.74, 6) is -0.182. The van der Waals surface area contributed by atoms with Crippen LogP contribution in [0.15, 0.2) is 24.3 Å². The van der Waals surface area contributed by atoms with Gasteiger partial charge in [0.05, 0.1) is 6.10 Å². The van der Waals surface area contributed by atoms with Gasteiger partial charge in [0.15, 0.2) is 0 Å². The molecule has 1 fully saturated rings. The summed E-state index contributed by atoms with van der Waals surface area (Å²) in [5.41, 5.74) is 0.650. The third-order valence-electron chi connectivity index (χ3n) is 2.79. The van der Waals surface area contributed by atoms with Crippen LogP contribution in [0.25, 0.3) is 0 Å². The van der Waals surface area contributed by atoms with Crippen molar-refractivity contribution in [3.8, 4) is 0 Å². The van der Waals surface area contributed by atoms with Crippen molar-refractivity contribution in [1.82, 2.24) is 5.32 Å². The molecule has 16 heavy (non-hydrogen) atoms. The molecule has 1 aliphatic carbocycles. The summed E-state index contributed by atoms with van der Waals surface area (Å²) in [4.78, 5) is 0. The van der Waals surface area contributed by atoms with Crippen molar-refractivity contribution >= 4 is 0 Å². The first-order valence-electron chi connectivity index (χ1n) is 5.90. The fraction of sp³-hybridized carbons (Fsp3) is 0.538. The van der Waals surface area contributed by atoms with Gasteiger partial charge in [-0.05, 0) is 25.8 Å². The molecule has 2 rings (SSSR count). The second kappa shape index (κ2) is 5.41. The molecule has 0 aliphatic heterocycles. The molecule has 1 aliphatic rings. The molecule has 0 heterocycles. The van der Waals surface area contributed by atoms with Crippen LogP contribution < -0.4 is 5.32 Å². The van der Waals surface area contributed by atoms with Gasteiger partial charge >= 0.3 is 0 Å².